The normalized spacial score (nSPS) is 15.8. The molecule has 8 nitrogen and oxygen atoms in total. The fraction of sp³-hybridized carbons (Fsp3) is 0.308. The first-order valence-corrected chi connectivity index (χ1v) is 11.3. The SMILES string of the molecule is COc1cc(-c2cc3nccc(-c4ccnc(NC5CCCNC5)c4)c3o2)cc(OC)c1OC. The first kappa shape index (κ1) is 22.0. The number of methoxy groups -OCH3 is 3. The van der Waals surface area contributed by atoms with E-state index in [4.69, 9.17) is 18.6 Å². The molecule has 176 valence electrons. The maximum atomic E-state index is 6.34. The molecule has 8 heteroatoms. The number of anilines is 1. The molecule has 0 amide bonds. The first-order chi connectivity index (χ1) is 16.7. The molecule has 1 fully saturated rings. The standard InChI is InChI=1S/C26H28N4O4/c1-31-22-11-17(12-23(32-2)26(22)33-3)21-14-20-25(34-21)19(7-10-28-20)16-6-9-29-24(13-16)30-18-5-4-8-27-15-18/h6-7,9-14,18,27H,4-5,8,15H2,1-3H3,(H,29,30). The van der Waals surface area contributed by atoms with Crippen molar-refractivity contribution in [3.8, 4) is 39.7 Å². The number of fused-ring (bicyclic) bond motifs is 1. The van der Waals surface area contributed by atoms with Gasteiger partial charge in [-0.3, -0.25) is 4.98 Å². The van der Waals surface area contributed by atoms with Gasteiger partial charge in [-0.1, -0.05) is 0 Å². The minimum atomic E-state index is 0.379. The monoisotopic (exact) mass is 460 g/mol. The van der Waals surface area contributed by atoms with Gasteiger partial charge in [-0.25, -0.2) is 4.98 Å². The summed E-state index contributed by atoms with van der Waals surface area (Å²) in [5.74, 6) is 3.18. The van der Waals surface area contributed by atoms with Gasteiger partial charge >= 0.3 is 0 Å². The summed E-state index contributed by atoms with van der Waals surface area (Å²) in [6, 6.07) is 12.0. The van der Waals surface area contributed by atoms with Crippen LogP contribution in [-0.4, -0.2) is 50.4 Å². The van der Waals surface area contributed by atoms with E-state index in [2.05, 4.69) is 26.7 Å². The summed E-state index contributed by atoms with van der Waals surface area (Å²) in [6.07, 6.45) is 5.92. The summed E-state index contributed by atoms with van der Waals surface area (Å²) >= 11 is 0. The third-order valence-corrected chi connectivity index (χ3v) is 6.08. The van der Waals surface area contributed by atoms with Crippen LogP contribution in [0.2, 0.25) is 0 Å². The van der Waals surface area contributed by atoms with Crippen molar-refractivity contribution in [2.24, 2.45) is 0 Å². The molecule has 3 aromatic heterocycles. The molecule has 5 rings (SSSR count). The maximum Gasteiger partial charge on any atom is 0.203 e. The van der Waals surface area contributed by atoms with Crippen LogP contribution in [0.1, 0.15) is 12.8 Å². The van der Waals surface area contributed by atoms with Crippen LogP contribution in [0, 0.1) is 0 Å². The Labute approximate surface area is 198 Å². The molecule has 0 aliphatic carbocycles. The molecule has 0 bridgehead atoms. The van der Waals surface area contributed by atoms with Gasteiger partial charge in [0.2, 0.25) is 5.75 Å². The van der Waals surface area contributed by atoms with Gasteiger partial charge in [-0.05, 0) is 55.3 Å². The van der Waals surface area contributed by atoms with Crippen LogP contribution in [0.15, 0.2) is 53.2 Å². The van der Waals surface area contributed by atoms with Gasteiger partial charge in [0.15, 0.2) is 17.1 Å². The lowest BCUT2D eigenvalue weighted by molar-refractivity contribution is 0.324. The molecule has 1 unspecified atom stereocenters. The summed E-state index contributed by atoms with van der Waals surface area (Å²) in [4.78, 5) is 9.05. The summed E-state index contributed by atoms with van der Waals surface area (Å²) in [5, 5.41) is 6.97. The summed E-state index contributed by atoms with van der Waals surface area (Å²) in [7, 11) is 4.77. The molecule has 1 aliphatic rings. The number of hydrogen-bond acceptors (Lipinski definition) is 8. The molecule has 4 aromatic rings. The highest BCUT2D eigenvalue weighted by Gasteiger charge is 2.19. The Morgan fingerprint density at radius 3 is 2.44 bits per heavy atom. The Bertz CT molecular complexity index is 1270. The molecule has 0 saturated carbocycles. The van der Waals surface area contributed by atoms with Crippen LogP contribution in [0.4, 0.5) is 5.82 Å². The molecule has 1 saturated heterocycles. The third kappa shape index (κ3) is 4.24. The van der Waals surface area contributed by atoms with Crippen molar-refractivity contribution in [3.63, 3.8) is 0 Å². The fourth-order valence-corrected chi connectivity index (χ4v) is 4.39. The number of nitrogens with one attached hydrogen (secondary N) is 2. The fourth-order valence-electron chi connectivity index (χ4n) is 4.39. The van der Waals surface area contributed by atoms with Crippen LogP contribution in [-0.2, 0) is 0 Å². The summed E-state index contributed by atoms with van der Waals surface area (Å²) in [6.45, 7) is 2.02. The number of piperidine rings is 1. The Balaban J connectivity index is 1.52. The van der Waals surface area contributed by atoms with Crippen LogP contribution >= 0.6 is 0 Å². The second-order valence-corrected chi connectivity index (χ2v) is 8.21. The van der Waals surface area contributed by atoms with E-state index in [0.717, 1.165) is 47.5 Å². The predicted molar refractivity (Wildman–Crippen MR) is 132 cm³/mol. The summed E-state index contributed by atoms with van der Waals surface area (Å²) in [5.41, 5.74) is 4.25. The molecule has 1 atom stereocenters. The van der Waals surface area contributed by atoms with E-state index in [0.29, 0.717) is 34.6 Å². The Morgan fingerprint density at radius 2 is 1.74 bits per heavy atom. The van der Waals surface area contributed by atoms with Crippen LogP contribution < -0.4 is 24.8 Å². The number of furan rings is 1. The molecule has 1 aromatic carbocycles. The number of ether oxygens (including phenoxy) is 3. The second-order valence-electron chi connectivity index (χ2n) is 8.21. The molecule has 2 N–H and O–H groups in total. The number of nitrogens with zero attached hydrogens (tertiary/aromatic N) is 2. The number of benzene rings is 1. The van der Waals surface area contributed by atoms with Crippen molar-refractivity contribution >= 4 is 16.9 Å². The molecule has 0 radical (unpaired) electrons. The Kier molecular flexibility index (Phi) is 6.22. The highest BCUT2D eigenvalue weighted by Crippen LogP contribution is 2.42. The van der Waals surface area contributed by atoms with Gasteiger partial charge in [-0.15, -0.1) is 0 Å². The average molecular weight is 461 g/mol. The van der Waals surface area contributed by atoms with E-state index in [1.165, 1.54) is 6.42 Å². The van der Waals surface area contributed by atoms with Gasteiger partial charge in [0.25, 0.3) is 0 Å². The van der Waals surface area contributed by atoms with Crippen molar-refractivity contribution in [3.05, 3.63) is 48.8 Å². The lowest BCUT2D eigenvalue weighted by atomic mass is 10.1. The smallest absolute Gasteiger partial charge is 0.203 e. The minimum Gasteiger partial charge on any atom is -0.493 e. The lowest BCUT2D eigenvalue weighted by Crippen LogP contribution is -2.38. The lowest BCUT2D eigenvalue weighted by Gasteiger charge is -2.24. The third-order valence-electron chi connectivity index (χ3n) is 6.08. The molecule has 1 aliphatic heterocycles. The van der Waals surface area contributed by atoms with Gasteiger partial charge in [0, 0.05) is 42.2 Å². The van der Waals surface area contributed by atoms with E-state index in [-0.39, 0.29) is 0 Å². The summed E-state index contributed by atoms with van der Waals surface area (Å²) < 4.78 is 22.8. The minimum absolute atomic E-state index is 0.379. The van der Waals surface area contributed by atoms with Crippen LogP contribution in [0.25, 0.3) is 33.6 Å². The molecular formula is C26H28N4O4. The van der Waals surface area contributed by atoms with E-state index >= 15 is 0 Å². The molecule has 34 heavy (non-hydrogen) atoms. The van der Waals surface area contributed by atoms with Crippen molar-refractivity contribution in [2.75, 3.05) is 39.7 Å². The van der Waals surface area contributed by atoms with E-state index in [9.17, 15) is 0 Å². The molecule has 4 heterocycles. The maximum absolute atomic E-state index is 6.34. The average Bonchev–Trinajstić information content (AvgIpc) is 3.33. The Hall–Kier alpha value is -3.78. The zero-order valence-electron chi connectivity index (χ0n) is 19.6. The van der Waals surface area contributed by atoms with Gasteiger partial charge in [0.05, 0.1) is 21.3 Å². The second kappa shape index (κ2) is 9.61. The quantitative estimate of drug-likeness (QED) is 0.408. The highest BCUT2D eigenvalue weighted by molar-refractivity contribution is 5.93. The number of hydrogen-bond donors (Lipinski definition) is 2. The number of pyridine rings is 2. The number of aromatic nitrogens is 2. The van der Waals surface area contributed by atoms with E-state index in [1.807, 2.05) is 36.5 Å². The van der Waals surface area contributed by atoms with Crippen LogP contribution in [0.3, 0.4) is 0 Å². The topological polar surface area (TPSA) is 90.7 Å². The molecular weight excluding hydrogens is 432 g/mol. The van der Waals surface area contributed by atoms with Crippen molar-refractivity contribution in [1.29, 1.82) is 0 Å². The van der Waals surface area contributed by atoms with Gasteiger partial charge < -0.3 is 29.3 Å². The largest absolute Gasteiger partial charge is 0.493 e. The van der Waals surface area contributed by atoms with E-state index in [1.54, 1.807) is 27.5 Å². The predicted octanol–water partition coefficient (Wildman–Crippen LogP) is 4.75. The van der Waals surface area contributed by atoms with Crippen molar-refractivity contribution in [1.82, 2.24) is 15.3 Å². The van der Waals surface area contributed by atoms with Crippen molar-refractivity contribution < 1.29 is 18.6 Å². The highest BCUT2D eigenvalue weighted by atomic mass is 16.5. The van der Waals surface area contributed by atoms with Gasteiger partial charge in [0.1, 0.15) is 17.1 Å². The van der Waals surface area contributed by atoms with E-state index < -0.39 is 0 Å². The number of rotatable bonds is 7. The van der Waals surface area contributed by atoms with Crippen LogP contribution in [0.5, 0.6) is 17.2 Å². The van der Waals surface area contributed by atoms with Gasteiger partial charge in [-0.2, -0.15) is 0 Å². The Morgan fingerprint density at radius 1 is 0.941 bits per heavy atom. The zero-order chi connectivity index (χ0) is 23.5. The first-order valence-electron chi connectivity index (χ1n) is 11.3. The molecule has 0 spiro atoms. The van der Waals surface area contributed by atoms with Crippen molar-refractivity contribution in [2.45, 2.75) is 18.9 Å². The zero-order valence-corrected chi connectivity index (χ0v) is 19.6.